The summed E-state index contributed by atoms with van der Waals surface area (Å²) in [5.41, 5.74) is -0.207. The van der Waals surface area contributed by atoms with Gasteiger partial charge in [-0.2, -0.15) is 10.5 Å². The first-order chi connectivity index (χ1) is 12.8. The summed E-state index contributed by atoms with van der Waals surface area (Å²) in [6, 6.07) is 7.28. The molecule has 11 heteroatoms. The Bertz CT molecular complexity index is 871. The second-order valence-corrected chi connectivity index (χ2v) is 7.42. The van der Waals surface area contributed by atoms with Crippen LogP contribution >= 0.6 is 11.6 Å². The second kappa shape index (κ2) is 10.5. The van der Waals surface area contributed by atoms with Crippen LogP contribution in [0.25, 0.3) is 0 Å². The number of esters is 1. The molecule has 1 rings (SSSR count). The summed E-state index contributed by atoms with van der Waals surface area (Å²) in [5.74, 6) is -1.55. The zero-order chi connectivity index (χ0) is 20.4. The van der Waals surface area contributed by atoms with Crippen LogP contribution in [-0.4, -0.2) is 51.9 Å². The SMILES string of the molecule is CNS(=O)(=O)c1ccc(Cl)c(C(=O)OCC(=O)N(CCC#N)CCC#N)c1. The number of benzene rings is 1. The number of ether oxygens (including phenoxy) is 1. The molecule has 0 fully saturated rings. The Morgan fingerprint density at radius 3 is 2.33 bits per heavy atom. The first-order valence-electron chi connectivity index (χ1n) is 7.68. The quantitative estimate of drug-likeness (QED) is 0.597. The highest BCUT2D eigenvalue weighted by Crippen LogP contribution is 2.21. The van der Waals surface area contributed by atoms with Gasteiger partial charge in [-0.1, -0.05) is 11.6 Å². The molecular weight excluding hydrogens is 396 g/mol. The van der Waals surface area contributed by atoms with Crippen molar-refractivity contribution < 1.29 is 22.7 Å². The fourth-order valence-corrected chi connectivity index (χ4v) is 2.92. The van der Waals surface area contributed by atoms with Crippen LogP contribution in [0.4, 0.5) is 0 Å². The second-order valence-electron chi connectivity index (χ2n) is 5.12. The molecule has 0 heterocycles. The average molecular weight is 413 g/mol. The number of nitriles is 2. The monoisotopic (exact) mass is 412 g/mol. The third-order valence-electron chi connectivity index (χ3n) is 3.40. The van der Waals surface area contributed by atoms with Gasteiger partial charge in [0.05, 0.1) is 40.5 Å². The lowest BCUT2D eigenvalue weighted by atomic mass is 10.2. The topological polar surface area (TPSA) is 140 Å². The van der Waals surface area contributed by atoms with Gasteiger partial charge in [0.15, 0.2) is 6.61 Å². The van der Waals surface area contributed by atoms with Crippen LogP contribution in [0.1, 0.15) is 23.2 Å². The third-order valence-corrected chi connectivity index (χ3v) is 5.14. The molecule has 0 unspecified atom stereocenters. The van der Waals surface area contributed by atoms with E-state index < -0.39 is 28.5 Å². The van der Waals surface area contributed by atoms with Crippen molar-refractivity contribution in [2.45, 2.75) is 17.7 Å². The van der Waals surface area contributed by atoms with Crippen molar-refractivity contribution in [2.75, 3.05) is 26.7 Å². The molecule has 0 atom stereocenters. The van der Waals surface area contributed by atoms with E-state index in [0.717, 1.165) is 6.07 Å². The Balaban J connectivity index is 2.87. The number of sulfonamides is 1. The number of rotatable bonds is 9. The van der Waals surface area contributed by atoms with Crippen molar-refractivity contribution in [2.24, 2.45) is 0 Å². The number of carbonyl (C=O) groups is 2. The number of nitrogens with zero attached hydrogens (tertiary/aromatic N) is 3. The van der Waals surface area contributed by atoms with E-state index in [0.29, 0.717) is 0 Å². The molecule has 9 nitrogen and oxygen atoms in total. The highest BCUT2D eigenvalue weighted by molar-refractivity contribution is 7.89. The first kappa shape index (κ1) is 22.4. The Hall–Kier alpha value is -2.66. The van der Waals surface area contributed by atoms with Gasteiger partial charge >= 0.3 is 5.97 Å². The standard InChI is InChI=1S/C16H17ClN4O5S/c1-20-27(24,25)12-4-5-14(17)13(10-12)16(23)26-11-15(22)21(8-2-6-18)9-3-7-19/h4-5,10,20H,2-3,8-9,11H2,1H3. The fraction of sp³-hybridized carbons (Fsp3) is 0.375. The Morgan fingerprint density at radius 1 is 1.22 bits per heavy atom. The molecule has 0 aliphatic carbocycles. The van der Waals surface area contributed by atoms with Crippen LogP contribution < -0.4 is 4.72 Å². The Morgan fingerprint density at radius 2 is 1.81 bits per heavy atom. The maximum atomic E-state index is 12.2. The Labute approximate surface area is 162 Å². The summed E-state index contributed by atoms with van der Waals surface area (Å²) in [6.07, 6.45) is 0.141. The molecule has 0 aliphatic heterocycles. The highest BCUT2D eigenvalue weighted by Gasteiger charge is 2.20. The minimum absolute atomic E-state index is 0.0340. The van der Waals surface area contributed by atoms with Gasteiger partial charge in [-0.05, 0) is 25.2 Å². The van der Waals surface area contributed by atoms with Gasteiger partial charge in [0.1, 0.15) is 0 Å². The zero-order valence-electron chi connectivity index (χ0n) is 14.4. The molecule has 0 aromatic heterocycles. The molecule has 0 saturated carbocycles. The van der Waals surface area contributed by atoms with E-state index in [4.69, 9.17) is 26.9 Å². The van der Waals surface area contributed by atoms with Crippen LogP contribution in [0.2, 0.25) is 5.02 Å². The normalized spacial score (nSPS) is 10.5. The summed E-state index contributed by atoms with van der Waals surface area (Å²) in [5, 5.41) is 17.2. The van der Waals surface area contributed by atoms with Crippen LogP contribution in [0.15, 0.2) is 23.1 Å². The van der Waals surface area contributed by atoms with E-state index in [1.54, 1.807) is 0 Å². The average Bonchev–Trinajstić information content (AvgIpc) is 2.66. The predicted octanol–water partition coefficient (Wildman–Crippen LogP) is 1.06. The smallest absolute Gasteiger partial charge is 0.340 e. The van der Waals surface area contributed by atoms with E-state index in [1.807, 2.05) is 12.1 Å². The lowest BCUT2D eigenvalue weighted by Crippen LogP contribution is -2.36. The lowest BCUT2D eigenvalue weighted by Gasteiger charge is -2.20. The first-order valence-corrected chi connectivity index (χ1v) is 9.54. The van der Waals surface area contributed by atoms with Crippen molar-refractivity contribution in [3.63, 3.8) is 0 Å². The number of hydrogen-bond acceptors (Lipinski definition) is 7. The summed E-state index contributed by atoms with van der Waals surface area (Å²) < 4.78 is 30.7. The molecule has 1 N–H and O–H groups in total. The van der Waals surface area contributed by atoms with Crippen LogP contribution in [-0.2, 0) is 19.6 Å². The zero-order valence-corrected chi connectivity index (χ0v) is 16.0. The molecule has 0 aliphatic rings. The molecule has 0 bridgehead atoms. The molecule has 1 aromatic rings. The van der Waals surface area contributed by atoms with E-state index in [-0.39, 0.29) is 41.4 Å². The molecule has 1 aromatic carbocycles. The predicted molar refractivity (Wildman–Crippen MR) is 95.0 cm³/mol. The highest BCUT2D eigenvalue weighted by atomic mass is 35.5. The van der Waals surface area contributed by atoms with E-state index in [2.05, 4.69) is 4.72 Å². The molecule has 144 valence electrons. The molecule has 27 heavy (non-hydrogen) atoms. The summed E-state index contributed by atoms with van der Waals surface area (Å²) >= 11 is 5.92. The third kappa shape index (κ3) is 6.53. The molecule has 0 spiro atoms. The van der Waals surface area contributed by atoms with Crippen molar-refractivity contribution in [1.29, 1.82) is 10.5 Å². The summed E-state index contributed by atoms with van der Waals surface area (Å²) in [7, 11) is -2.57. The molecule has 0 saturated heterocycles. The van der Waals surface area contributed by atoms with E-state index in [1.165, 1.54) is 24.1 Å². The van der Waals surface area contributed by atoms with E-state index in [9.17, 15) is 18.0 Å². The Kier molecular flexibility index (Phi) is 8.69. The van der Waals surface area contributed by atoms with Crippen LogP contribution in [0.5, 0.6) is 0 Å². The number of carbonyl (C=O) groups excluding carboxylic acids is 2. The lowest BCUT2D eigenvalue weighted by molar-refractivity contribution is -0.134. The van der Waals surface area contributed by atoms with Gasteiger partial charge < -0.3 is 9.64 Å². The van der Waals surface area contributed by atoms with Crippen molar-refractivity contribution in [3.05, 3.63) is 28.8 Å². The maximum absolute atomic E-state index is 12.2. The fourth-order valence-electron chi connectivity index (χ4n) is 1.97. The molecule has 1 amide bonds. The minimum Gasteiger partial charge on any atom is -0.452 e. The number of hydrogen-bond donors (Lipinski definition) is 1. The van der Waals surface area contributed by atoms with E-state index >= 15 is 0 Å². The number of amides is 1. The van der Waals surface area contributed by atoms with Crippen LogP contribution in [0.3, 0.4) is 0 Å². The van der Waals surface area contributed by atoms with Gasteiger partial charge in [-0.25, -0.2) is 17.9 Å². The van der Waals surface area contributed by atoms with Crippen molar-refractivity contribution in [1.82, 2.24) is 9.62 Å². The van der Waals surface area contributed by atoms with Crippen molar-refractivity contribution >= 4 is 33.5 Å². The van der Waals surface area contributed by atoms with Crippen LogP contribution in [0, 0.1) is 22.7 Å². The van der Waals surface area contributed by atoms with Crippen molar-refractivity contribution in [3.8, 4) is 12.1 Å². The molecular formula is C16H17ClN4O5S. The summed E-state index contributed by atoms with van der Waals surface area (Å²) in [4.78, 5) is 25.4. The van der Waals surface area contributed by atoms with Gasteiger partial charge in [0.25, 0.3) is 5.91 Å². The van der Waals surface area contributed by atoms with Gasteiger partial charge in [0.2, 0.25) is 10.0 Å². The van der Waals surface area contributed by atoms with Gasteiger partial charge in [-0.15, -0.1) is 0 Å². The minimum atomic E-state index is -3.79. The molecule has 0 radical (unpaired) electrons. The maximum Gasteiger partial charge on any atom is 0.340 e. The largest absolute Gasteiger partial charge is 0.452 e. The number of nitrogens with one attached hydrogen (secondary N) is 1. The number of halogens is 1. The van der Waals surface area contributed by atoms with Gasteiger partial charge in [-0.3, -0.25) is 4.79 Å². The summed E-state index contributed by atoms with van der Waals surface area (Å²) in [6.45, 7) is -0.425. The van der Waals surface area contributed by atoms with Gasteiger partial charge in [0, 0.05) is 13.1 Å².